The summed E-state index contributed by atoms with van der Waals surface area (Å²) in [5.74, 6) is -4.48. The minimum Gasteiger partial charge on any atom is -0.396 e. The third-order valence-corrected chi connectivity index (χ3v) is 17.3. The van der Waals surface area contributed by atoms with Gasteiger partial charge in [0.05, 0.1) is 18.1 Å². The third-order valence-electron chi connectivity index (χ3n) is 17.3. The monoisotopic (exact) mass is 1180 g/mol. The molecule has 4 aliphatic heterocycles. The second-order valence-electron chi connectivity index (χ2n) is 23.0. The lowest BCUT2D eigenvalue weighted by Crippen LogP contribution is -2.59. The van der Waals surface area contributed by atoms with E-state index in [1.807, 2.05) is 66.7 Å². The molecule has 3 aromatic carbocycles. The van der Waals surface area contributed by atoms with E-state index in [1.54, 1.807) is 62.0 Å². The van der Waals surface area contributed by atoms with Gasteiger partial charge in [0.25, 0.3) is 0 Å². The van der Waals surface area contributed by atoms with Gasteiger partial charge in [-0.05, 0) is 109 Å². The minimum atomic E-state index is -1.01. The van der Waals surface area contributed by atoms with Crippen LogP contribution in [0.4, 0.5) is 0 Å². The molecular weight excluding hydrogens is 1090 g/mol. The first-order chi connectivity index (χ1) is 41.1. The molecule has 462 valence electrons. The van der Waals surface area contributed by atoms with Crippen LogP contribution in [0.3, 0.4) is 0 Å². The molecule has 4 heterocycles. The average Bonchev–Trinajstić information content (AvgIpc) is 2.56. The van der Waals surface area contributed by atoms with Gasteiger partial charge in [0, 0.05) is 50.2 Å². The summed E-state index contributed by atoms with van der Waals surface area (Å²) < 4.78 is 5.46. The summed E-state index contributed by atoms with van der Waals surface area (Å²) >= 11 is 0. The van der Waals surface area contributed by atoms with Crippen LogP contribution in [0.15, 0.2) is 91.0 Å². The van der Waals surface area contributed by atoms with E-state index in [0.29, 0.717) is 76.4 Å². The van der Waals surface area contributed by atoms with E-state index in [-0.39, 0.29) is 73.9 Å². The Balaban J connectivity index is 0.791. The van der Waals surface area contributed by atoms with Crippen molar-refractivity contribution in [1.82, 2.24) is 57.7 Å². The van der Waals surface area contributed by atoms with Gasteiger partial charge in [-0.1, -0.05) is 117 Å². The number of amides is 9. The molecule has 4 fully saturated rings. The molecular formula is C63H89N11O11. The Morgan fingerprint density at radius 3 is 1.44 bits per heavy atom. The number of aliphatic hydroxyl groups is 1. The summed E-state index contributed by atoms with van der Waals surface area (Å²) in [5, 5.41) is 36.5. The van der Waals surface area contributed by atoms with Crippen molar-refractivity contribution < 1.29 is 53.0 Å². The van der Waals surface area contributed by atoms with Crippen molar-refractivity contribution in [2.24, 2.45) is 11.8 Å². The molecule has 0 radical (unpaired) electrons. The Kier molecular flexibility index (Phi) is 25.2. The molecule has 22 nitrogen and oxygen atoms in total. The van der Waals surface area contributed by atoms with E-state index >= 15 is 0 Å². The van der Waals surface area contributed by atoms with Crippen molar-refractivity contribution in [2.75, 3.05) is 53.6 Å². The van der Waals surface area contributed by atoms with Crippen LogP contribution in [-0.2, 0) is 47.9 Å². The Hall–Kier alpha value is -7.27. The van der Waals surface area contributed by atoms with Gasteiger partial charge in [-0.3, -0.25) is 43.2 Å². The first-order valence-corrected chi connectivity index (χ1v) is 30.5. The van der Waals surface area contributed by atoms with Gasteiger partial charge in [-0.2, -0.15) is 0 Å². The second-order valence-corrected chi connectivity index (χ2v) is 23.0. The average molecular weight is 1180 g/mol. The number of carbonyl (C=O) groups excluding carboxylic acids is 9. The fourth-order valence-corrected chi connectivity index (χ4v) is 12.1. The number of ether oxygens (including phenoxy) is 1. The maximum Gasteiger partial charge on any atom is 0.247 e. The lowest BCUT2D eigenvalue weighted by atomic mass is 9.92. The fourth-order valence-electron chi connectivity index (χ4n) is 12.1. The van der Waals surface area contributed by atoms with Crippen molar-refractivity contribution >= 4 is 53.2 Å². The number of benzene rings is 3. The van der Waals surface area contributed by atoms with Gasteiger partial charge in [0.1, 0.15) is 43.4 Å². The SMILES string of the molecule is CN[C@@H](C)C(=O)N[C@@H]1C(=O)N2[C@@H](CC[C@@H]1CNC(=O)COCC(=O)NCCCCCCCCNC(=O)[C@@H](NC(=O)[C@@H]1CC[C@@H]3CC[C@H](CO)[C@H](NC(=O)[C@H](C)NC)C(=O)N31)c1ccccc1)CC[C@H]2C(=O)NC(c1ccccc1)c1ccccc1. The summed E-state index contributed by atoms with van der Waals surface area (Å²) in [7, 11) is 3.29. The number of hydrogen-bond donors (Lipinski definition) is 10. The predicted molar refractivity (Wildman–Crippen MR) is 318 cm³/mol. The van der Waals surface area contributed by atoms with E-state index in [4.69, 9.17) is 4.74 Å². The lowest BCUT2D eigenvalue weighted by molar-refractivity contribution is -0.144. The normalized spacial score (nSPS) is 23.0. The molecule has 7 rings (SSSR count). The van der Waals surface area contributed by atoms with Crippen LogP contribution in [0.1, 0.15) is 133 Å². The zero-order chi connectivity index (χ0) is 60.8. The summed E-state index contributed by atoms with van der Waals surface area (Å²) in [5.41, 5.74) is 2.40. The molecule has 0 spiro atoms. The number of fused-ring (bicyclic) bond motifs is 2. The molecule has 11 atom stereocenters. The first kappa shape index (κ1) is 65.3. The van der Waals surface area contributed by atoms with Crippen molar-refractivity contribution in [1.29, 1.82) is 0 Å². The molecule has 22 heteroatoms. The molecule has 0 bridgehead atoms. The van der Waals surface area contributed by atoms with Crippen LogP contribution in [0.25, 0.3) is 0 Å². The van der Waals surface area contributed by atoms with Gasteiger partial charge >= 0.3 is 0 Å². The number of aliphatic hydroxyl groups excluding tert-OH is 1. The predicted octanol–water partition coefficient (Wildman–Crippen LogP) is 2.17. The van der Waals surface area contributed by atoms with E-state index in [0.717, 1.165) is 43.2 Å². The highest BCUT2D eigenvalue weighted by Crippen LogP contribution is 2.36. The van der Waals surface area contributed by atoms with Crippen LogP contribution in [0.2, 0.25) is 0 Å². The fraction of sp³-hybridized carbons (Fsp3) is 0.571. The summed E-state index contributed by atoms with van der Waals surface area (Å²) in [4.78, 5) is 126. The van der Waals surface area contributed by atoms with Crippen LogP contribution in [0, 0.1) is 11.8 Å². The van der Waals surface area contributed by atoms with Gasteiger partial charge in [-0.15, -0.1) is 0 Å². The van der Waals surface area contributed by atoms with Gasteiger partial charge in [0.15, 0.2) is 0 Å². The number of hydrogen-bond acceptors (Lipinski definition) is 13. The summed E-state index contributed by atoms with van der Waals surface area (Å²) in [6.45, 7) is 3.23. The highest BCUT2D eigenvalue weighted by Gasteiger charge is 2.50. The van der Waals surface area contributed by atoms with Crippen LogP contribution >= 0.6 is 0 Å². The maximum absolute atomic E-state index is 14.6. The van der Waals surface area contributed by atoms with E-state index in [1.165, 1.54) is 0 Å². The Bertz CT molecular complexity index is 2670. The number of nitrogens with one attached hydrogen (secondary N) is 9. The number of nitrogens with zero attached hydrogens (tertiary/aromatic N) is 2. The quantitative estimate of drug-likeness (QED) is 0.0429. The molecule has 0 saturated carbocycles. The van der Waals surface area contributed by atoms with E-state index in [2.05, 4.69) is 47.9 Å². The standard InChI is InChI=1S/C63H89N11O11/c1-40(64-3)57(78)71-55-45(26-28-47-30-32-49(73(47)62(55)83)59(80)69-53(42-20-12-9-13-21-42)43-22-14-10-15-23-43)36-68-52(77)39-85-38-51(76)66-34-18-7-5-6-8-19-35-67-61(82)54(44-24-16-11-17-25-44)70-60(81)50-33-31-48-29-27-46(37-75)56(63(84)74(48)50)72-58(79)41(2)65-4/h9-17,20-25,40-41,45-50,53-56,64-65,75H,5-8,18-19,26-39H2,1-4H3,(H,66,76)(H,67,82)(H,68,77)(H,69,80)(H,70,81)(H,71,78)(H,72,79)/t40-,41-,45+,46+,47-,48-,49-,50-,54-,55-,56-/m0/s1. The highest BCUT2D eigenvalue weighted by molar-refractivity contribution is 5.97. The summed E-state index contributed by atoms with van der Waals surface area (Å²) in [6.07, 6.45) is 9.19. The lowest BCUT2D eigenvalue weighted by Gasteiger charge is -2.33. The number of carbonyl (C=O) groups is 9. The molecule has 3 aromatic rings. The smallest absolute Gasteiger partial charge is 0.247 e. The van der Waals surface area contributed by atoms with Crippen molar-refractivity contribution in [2.45, 2.75) is 164 Å². The zero-order valence-corrected chi connectivity index (χ0v) is 49.7. The van der Waals surface area contributed by atoms with Gasteiger partial charge < -0.3 is 67.5 Å². The Morgan fingerprint density at radius 2 is 0.941 bits per heavy atom. The third kappa shape index (κ3) is 17.9. The molecule has 4 saturated heterocycles. The number of rotatable bonds is 30. The minimum absolute atomic E-state index is 0.0614. The van der Waals surface area contributed by atoms with Gasteiger partial charge in [0.2, 0.25) is 53.2 Å². The molecule has 0 aromatic heterocycles. The molecule has 10 N–H and O–H groups in total. The van der Waals surface area contributed by atoms with Crippen LogP contribution in [-0.4, -0.2) is 170 Å². The number of likely N-dealkylation sites (N-methyl/N-ethyl adjacent to an activating group) is 2. The van der Waals surface area contributed by atoms with Crippen LogP contribution in [0.5, 0.6) is 0 Å². The second kappa shape index (κ2) is 32.9. The Labute approximate surface area is 499 Å². The van der Waals surface area contributed by atoms with Crippen LogP contribution < -0.4 is 47.9 Å². The van der Waals surface area contributed by atoms with Crippen molar-refractivity contribution in [3.63, 3.8) is 0 Å². The molecule has 0 aliphatic carbocycles. The molecule has 85 heavy (non-hydrogen) atoms. The van der Waals surface area contributed by atoms with Crippen molar-refractivity contribution in [3.8, 4) is 0 Å². The van der Waals surface area contributed by atoms with Crippen molar-refractivity contribution in [3.05, 3.63) is 108 Å². The largest absolute Gasteiger partial charge is 0.396 e. The maximum atomic E-state index is 14.6. The molecule has 9 amide bonds. The van der Waals surface area contributed by atoms with E-state index in [9.17, 15) is 48.3 Å². The number of unbranched alkanes of at least 4 members (excludes halogenated alkanes) is 5. The molecule has 4 aliphatic rings. The van der Waals surface area contributed by atoms with Gasteiger partial charge in [-0.25, -0.2) is 0 Å². The van der Waals surface area contributed by atoms with E-state index < -0.39 is 77.9 Å². The zero-order valence-electron chi connectivity index (χ0n) is 49.7. The topological polar surface area (TPSA) is 298 Å². The highest BCUT2D eigenvalue weighted by atomic mass is 16.5. The summed E-state index contributed by atoms with van der Waals surface area (Å²) in [6, 6.07) is 21.6. The first-order valence-electron chi connectivity index (χ1n) is 30.5. The Morgan fingerprint density at radius 1 is 0.518 bits per heavy atom. The molecule has 0 unspecified atom stereocenters.